The summed E-state index contributed by atoms with van der Waals surface area (Å²) in [6, 6.07) is 7.87. The number of fused-ring (bicyclic) bond motifs is 2. The molecule has 0 saturated carbocycles. The van der Waals surface area contributed by atoms with Crippen LogP contribution in [0.1, 0.15) is 40.0 Å². The summed E-state index contributed by atoms with van der Waals surface area (Å²) in [4.78, 5) is 26.4. The first kappa shape index (κ1) is 43.0. The van der Waals surface area contributed by atoms with Gasteiger partial charge >= 0.3 is 11.6 Å². The molecule has 0 bridgehead atoms. The minimum absolute atomic E-state index is 0. The molecule has 56 heavy (non-hydrogen) atoms. The normalized spacial score (nSPS) is 17.3. The molecule has 0 amide bonds. The summed E-state index contributed by atoms with van der Waals surface area (Å²) in [5.74, 6) is -1.86. The summed E-state index contributed by atoms with van der Waals surface area (Å²) >= 11 is 0. The van der Waals surface area contributed by atoms with Gasteiger partial charge in [0.2, 0.25) is 11.6 Å². The number of nitro groups is 1. The Morgan fingerprint density at radius 3 is 2.23 bits per heavy atom. The lowest BCUT2D eigenvalue weighted by Gasteiger charge is -2.30. The number of amidine groups is 1. The molecule has 2 aromatic carbocycles. The number of anilines is 1. The second kappa shape index (κ2) is 17.8. The lowest BCUT2D eigenvalue weighted by molar-refractivity contribution is -0.390. The van der Waals surface area contributed by atoms with Crippen molar-refractivity contribution in [3.05, 3.63) is 96.6 Å². The Hall–Kier alpha value is -5.70. The number of nitrogens with two attached hydrogens (primary N) is 1. The molecule has 302 valence electrons. The molecule has 0 saturated heterocycles. The second-order valence-electron chi connectivity index (χ2n) is 12.1. The van der Waals surface area contributed by atoms with Crippen molar-refractivity contribution >= 4 is 49.3 Å². The topological polar surface area (TPSA) is 334 Å². The molecule has 0 spiro atoms. The molecule has 0 fully saturated rings. The van der Waals surface area contributed by atoms with Crippen LogP contribution in [0, 0.1) is 31.3 Å². The van der Waals surface area contributed by atoms with Crippen LogP contribution in [-0.2, 0) is 32.3 Å². The molecule has 2 aliphatic carbocycles. The van der Waals surface area contributed by atoms with E-state index in [9.17, 15) is 37.3 Å². The quantitative estimate of drug-likeness (QED) is 0.0481. The van der Waals surface area contributed by atoms with Crippen LogP contribution in [0.25, 0.3) is 11.5 Å². The third-order valence-corrected chi connectivity index (χ3v) is 9.96. The van der Waals surface area contributed by atoms with Gasteiger partial charge in [0.05, 0.1) is 12.1 Å². The number of hydroxylamine groups is 1. The van der Waals surface area contributed by atoms with Crippen molar-refractivity contribution in [2.75, 3.05) is 42.4 Å². The highest BCUT2D eigenvalue weighted by Gasteiger charge is 2.37. The number of halogens is 3. The van der Waals surface area contributed by atoms with Gasteiger partial charge in [0.15, 0.2) is 16.7 Å². The van der Waals surface area contributed by atoms with E-state index < -0.39 is 47.8 Å². The van der Waals surface area contributed by atoms with Crippen molar-refractivity contribution in [3.8, 4) is 11.5 Å². The minimum Gasteiger partial charge on any atom is -0.364 e. The van der Waals surface area contributed by atoms with Gasteiger partial charge in [-0.1, -0.05) is 17.3 Å². The highest BCUT2D eigenvalue weighted by molar-refractivity contribution is 7.91. The van der Waals surface area contributed by atoms with Crippen LogP contribution in [0.4, 0.5) is 20.4 Å². The molecule has 3 heterocycles. The molecular weight excluding hydrogens is 812 g/mol. The van der Waals surface area contributed by atoms with Gasteiger partial charge in [-0.2, -0.15) is 0 Å². The Balaban J connectivity index is 0.000000210. The number of aromatic nitrogens is 6. The van der Waals surface area contributed by atoms with E-state index in [2.05, 4.69) is 49.9 Å². The van der Waals surface area contributed by atoms with Gasteiger partial charge in [-0.05, 0) is 79.8 Å². The molecule has 2 unspecified atom stereocenters. The Bertz CT molecular complexity index is 2510. The van der Waals surface area contributed by atoms with Gasteiger partial charge in [0, 0.05) is 56.6 Å². The number of hydrogen-bond acceptors (Lipinski definition) is 19. The van der Waals surface area contributed by atoms with Gasteiger partial charge in [0.1, 0.15) is 11.6 Å². The van der Waals surface area contributed by atoms with Crippen LogP contribution in [0.5, 0.6) is 0 Å². The number of nitrogens with zero attached hydrogens (tertiary/aromatic N) is 8. The van der Waals surface area contributed by atoms with Crippen LogP contribution >= 0.6 is 12.4 Å². The second-order valence-corrected chi connectivity index (χ2v) is 17.0. The van der Waals surface area contributed by atoms with Crippen molar-refractivity contribution < 1.29 is 41.1 Å². The third kappa shape index (κ3) is 10.3. The molecule has 7 rings (SSSR count). The van der Waals surface area contributed by atoms with Gasteiger partial charge in [-0.15, -0.1) is 17.0 Å². The zero-order chi connectivity index (χ0) is 40.1. The van der Waals surface area contributed by atoms with E-state index in [0.29, 0.717) is 30.7 Å². The fraction of sp³-hybridized carbons (Fsp3) is 0.345. The molecule has 27 heteroatoms. The summed E-state index contributed by atoms with van der Waals surface area (Å²) < 4.78 is 77.3. The van der Waals surface area contributed by atoms with Crippen LogP contribution in [-0.4, -0.2) is 91.8 Å². The van der Waals surface area contributed by atoms with Gasteiger partial charge in [0.25, 0.3) is 5.69 Å². The largest absolute Gasteiger partial charge is 0.446 e. The van der Waals surface area contributed by atoms with Crippen LogP contribution in [0.3, 0.4) is 0 Å². The van der Waals surface area contributed by atoms with Crippen LogP contribution in [0.15, 0.2) is 60.0 Å². The molecule has 5 aromatic rings. The lowest BCUT2D eigenvalue weighted by Crippen LogP contribution is -2.31. The summed E-state index contributed by atoms with van der Waals surface area (Å²) in [6.07, 6.45) is 3.78. The summed E-state index contributed by atoms with van der Waals surface area (Å²) in [7, 11) is -4.94. The van der Waals surface area contributed by atoms with Gasteiger partial charge in [-0.3, -0.25) is 38.2 Å². The summed E-state index contributed by atoms with van der Waals surface area (Å²) in [5, 5.41) is 40.6. The van der Waals surface area contributed by atoms with Crippen molar-refractivity contribution in [3.63, 3.8) is 0 Å². The number of rotatable bonds is 11. The number of hydrogen-bond donors (Lipinski definition) is 6. The standard InChI is InChI=1S/C14H17FN6O3S.C12H6FN5O5.C3H10N2OS.ClH/c1-25(16,23)5-4-17-13-12(20-24-21-13)14(19-22)18-11-6-8-2-3-9(15)7-10(8)11;13-6-2-1-5-3-8(7(5)4-6)17-10(15-22-12(17)19)9-11(18(20)21)16-23-14-9;1-7(5,6)3-2-4;/h2-3,7,11,16,22H,4-6H2,1H3,(H,17,21)(H,18,19);1-2,4,8H,3H2;5H,2-4H2,1H3;1H/t11-,25?;8-;;/m00../s1. The zero-order valence-electron chi connectivity index (χ0n) is 29.2. The van der Waals surface area contributed by atoms with Crippen LogP contribution in [0.2, 0.25) is 0 Å². The highest BCUT2D eigenvalue weighted by atomic mass is 35.5. The van der Waals surface area contributed by atoms with Crippen molar-refractivity contribution in [1.82, 2.24) is 35.8 Å². The van der Waals surface area contributed by atoms with E-state index in [4.69, 9.17) is 15.3 Å². The first-order chi connectivity index (χ1) is 26.0. The smallest absolute Gasteiger partial charge is 0.364 e. The maximum absolute atomic E-state index is 13.4. The molecule has 4 atom stereocenters. The van der Waals surface area contributed by atoms with Crippen molar-refractivity contribution in [2.45, 2.75) is 24.9 Å². The third-order valence-electron chi connectivity index (χ3n) is 7.96. The number of nitrogens with one attached hydrogen (secondary N) is 4. The van der Waals surface area contributed by atoms with Gasteiger partial charge in [-0.25, -0.2) is 22.8 Å². The Labute approximate surface area is 321 Å². The average Bonchev–Trinajstić information content (AvgIpc) is 3.85. The molecule has 22 nitrogen and oxygen atoms in total. The average molecular weight is 846 g/mol. The maximum atomic E-state index is 13.4. The predicted molar refractivity (Wildman–Crippen MR) is 196 cm³/mol. The maximum Gasteiger partial charge on any atom is 0.446 e. The fourth-order valence-corrected chi connectivity index (χ4v) is 6.27. The van der Waals surface area contributed by atoms with Crippen LogP contribution < -0.4 is 22.3 Å². The first-order valence-electron chi connectivity index (χ1n) is 15.8. The SMILES string of the molecule is CS(=N)(=O)CCN.CS(=N)(=O)CCNc1nonc1C(=N[C@H]1Cc2ccc(F)cc21)NO.Cl.O=c1onc(-c2nonc2[N+](=O)[O-])n1[C@H]1Cc2ccc(F)cc21. The Morgan fingerprint density at radius 2 is 1.64 bits per heavy atom. The van der Waals surface area contributed by atoms with E-state index in [0.717, 1.165) is 21.3 Å². The zero-order valence-corrected chi connectivity index (χ0v) is 31.7. The molecule has 2 aliphatic rings. The number of benzene rings is 2. The highest BCUT2D eigenvalue weighted by Crippen LogP contribution is 2.39. The molecule has 0 aliphatic heterocycles. The lowest BCUT2D eigenvalue weighted by atomic mass is 9.83. The predicted octanol–water partition coefficient (Wildman–Crippen LogP) is 2.44. The Morgan fingerprint density at radius 1 is 1.02 bits per heavy atom. The monoisotopic (exact) mass is 845 g/mol. The molecule has 7 N–H and O–H groups in total. The van der Waals surface area contributed by atoms with E-state index in [1.54, 1.807) is 12.1 Å². The number of aliphatic imine (C=N–C) groups is 1. The minimum atomic E-state index is -2.64. The molecule has 3 aromatic heterocycles. The van der Waals surface area contributed by atoms with E-state index in [1.807, 2.05) is 5.48 Å². The molecule has 0 radical (unpaired) electrons. The van der Waals surface area contributed by atoms with E-state index in [-0.39, 0.29) is 65.4 Å². The summed E-state index contributed by atoms with van der Waals surface area (Å²) in [5.41, 5.74) is 9.97. The molecular formula is C29H34ClF2N13O9S2. The van der Waals surface area contributed by atoms with Gasteiger partial charge < -0.3 is 21.2 Å². The van der Waals surface area contributed by atoms with Crippen molar-refractivity contribution in [2.24, 2.45) is 10.7 Å². The fourth-order valence-electron chi connectivity index (χ4n) is 5.32. The van der Waals surface area contributed by atoms with E-state index >= 15 is 0 Å². The Kier molecular flexibility index (Phi) is 13.7. The first-order valence-corrected chi connectivity index (χ1v) is 20.1. The summed E-state index contributed by atoms with van der Waals surface area (Å²) in [6.45, 7) is 0.565. The van der Waals surface area contributed by atoms with Crippen molar-refractivity contribution in [1.29, 1.82) is 9.56 Å². The van der Waals surface area contributed by atoms with E-state index in [1.165, 1.54) is 36.8 Å².